The van der Waals surface area contributed by atoms with Crippen molar-refractivity contribution in [2.24, 2.45) is 0 Å². The van der Waals surface area contributed by atoms with Gasteiger partial charge < -0.3 is 14.7 Å². The van der Waals surface area contributed by atoms with E-state index in [0.29, 0.717) is 12.1 Å². The molecule has 0 spiro atoms. The van der Waals surface area contributed by atoms with E-state index in [4.69, 9.17) is 4.74 Å². The molecule has 0 radical (unpaired) electrons. The molecule has 2 atom stereocenters. The van der Waals surface area contributed by atoms with Gasteiger partial charge in [0.2, 0.25) is 0 Å². The Morgan fingerprint density at radius 3 is 2.42 bits per heavy atom. The number of morpholine rings is 1. The lowest BCUT2D eigenvalue weighted by Crippen LogP contribution is -2.51. The summed E-state index contributed by atoms with van der Waals surface area (Å²) in [5.41, 5.74) is 3.50. The lowest BCUT2D eigenvalue weighted by molar-refractivity contribution is -0.0449. The number of hydrogen-bond acceptors (Lipinski definition) is 4. The Labute approximate surface area is 146 Å². The van der Waals surface area contributed by atoms with Crippen LogP contribution >= 0.6 is 0 Å². The van der Waals surface area contributed by atoms with E-state index < -0.39 is 0 Å². The van der Waals surface area contributed by atoms with Gasteiger partial charge in [0.1, 0.15) is 0 Å². The van der Waals surface area contributed by atoms with E-state index in [1.54, 1.807) is 0 Å². The maximum Gasteiger partial charge on any atom is 0.0917 e. The molecule has 0 aliphatic carbocycles. The van der Waals surface area contributed by atoms with E-state index in [1.807, 2.05) is 0 Å². The monoisotopic (exact) mass is 332 g/mol. The Morgan fingerprint density at radius 2 is 1.79 bits per heavy atom. The highest BCUT2D eigenvalue weighted by molar-refractivity contribution is 5.30. The predicted molar refractivity (Wildman–Crippen MR) is 97.3 cm³/mol. The zero-order valence-electron chi connectivity index (χ0n) is 15.4. The van der Waals surface area contributed by atoms with Crippen molar-refractivity contribution in [1.82, 2.24) is 9.80 Å². The Morgan fingerprint density at radius 1 is 1.12 bits per heavy atom. The molecule has 2 heterocycles. The summed E-state index contributed by atoms with van der Waals surface area (Å²) in [6, 6.07) is 7.07. The van der Waals surface area contributed by atoms with Crippen LogP contribution < -0.4 is 0 Å². The molecule has 2 aliphatic rings. The third-order valence-electron chi connectivity index (χ3n) is 5.41. The highest BCUT2D eigenvalue weighted by atomic mass is 16.5. The van der Waals surface area contributed by atoms with E-state index in [-0.39, 0.29) is 6.10 Å². The molecule has 0 aromatic heterocycles. The summed E-state index contributed by atoms with van der Waals surface area (Å²) in [6.07, 6.45) is 2.38. The molecule has 0 saturated carbocycles. The minimum absolute atomic E-state index is 0.364. The first-order chi connectivity index (χ1) is 11.5. The molecule has 2 aliphatic heterocycles. The molecule has 24 heavy (non-hydrogen) atoms. The second-order valence-corrected chi connectivity index (χ2v) is 7.64. The van der Waals surface area contributed by atoms with Crippen LogP contribution in [0.15, 0.2) is 18.2 Å². The van der Waals surface area contributed by atoms with Crippen molar-refractivity contribution in [2.45, 2.75) is 51.9 Å². The number of rotatable bonds is 4. The van der Waals surface area contributed by atoms with Crippen LogP contribution in [0.1, 0.15) is 42.6 Å². The summed E-state index contributed by atoms with van der Waals surface area (Å²) in [7, 11) is 0. The van der Waals surface area contributed by atoms with Gasteiger partial charge in [-0.05, 0) is 52.3 Å². The van der Waals surface area contributed by atoms with Gasteiger partial charge >= 0.3 is 0 Å². The van der Waals surface area contributed by atoms with Crippen LogP contribution in [-0.2, 0) is 4.74 Å². The molecule has 1 N–H and O–H groups in total. The van der Waals surface area contributed by atoms with Crippen molar-refractivity contribution in [3.63, 3.8) is 0 Å². The quantitative estimate of drug-likeness (QED) is 0.919. The molecule has 4 nitrogen and oxygen atoms in total. The number of β-amino-alcohol motifs (C(OH)–C–C–N with tert-alkyl or cyclic N) is 1. The van der Waals surface area contributed by atoms with Crippen molar-refractivity contribution < 1.29 is 9.84 Å². The Hall–Kier alpha value is -0.940. The SMILES string of the molecule is Cc1cc(C)cc(C(O)CN2CCC(N3CCOC(C)C3)CC2)c1. The largest absolute Gasteiger partial charge is 0.387 e. The Bertz CT molecular complexity index is 520. The Balaban J connectivity index is 1.49. The van der Waals surface area contributed by atoms with Crippen LogP contribution in [-0.4, -0.2) is 66.4 Å². The number of ether oxygens (including phenoxy) is 1. The molecule has 3 rings (SSSR count). The summed E-state index contributed by atoms with van der Waals surface area (Å²) < 4.78 is 5.66. The van der Waals surface area contributed by atoms with E-state index in [2.05, 4.69) is 48.8 Å². The van der Waals surface area contributed by atoms with Crippen LogP contribution in [0.3, 0.4) is 0 Å². The first-order valence-corrected chi connectivity index (χ1v) is 9.35. The first-order valence-electron chi connectivity index (χ1n) is 9.35. The van der Waals surface area contributed by atoms with Crippen LogP contribution in [0.2, 0.25) is 0 Å². The van der Waals surface area contributed by atoms with Crippen molar-refractivity contribution >= 4 is 0 Å². The molecule has 0 bridgehead atoms. The van der Waals surface area contributed by atoms with E-state index >= 15 is 0 Å². The maximum atomic E-state index is 10.6. The molecular formula is C20H32N2O2. The molecule has 0 amide bonds. The van der Waals surface area contributed by atoms with Gasteiger partial charge in [0, 0.05) is 25.7 Å². The van der Waals surface area contributed by atoms with Crippen LogP contribution in [0.4, 0.5) is 0 Å². The van der Waals surface area contributed by atoms with Gasteiger partial charge in [0.05, 0.1) is 18.8 Å². The van der Waals surface area contributed by atoms with Crippen LogP contribution in [0.5, 0.6) is 0 Å². The maximum absolute atomic E-state index is 10.6. The van der Waals surface area contributed by atoms with Crippen LogP contribution in [0.25, 0.3) is 0 Å². The fourth-order valence-electron chi connectivity index (χ4n) is 4.20. The van der Waals surface area contributed by atoms with Gasteiger partial charge in [-0.2, -0.15) is 0 Å². The van der Waals surface area contributed by atoms with E-state index in [9.17, 15) is 5.11 Å². The molecule has 2 fully saturated rings. The molecule has 2 saturated heterocycles. The highest BCUT2D eigenvalue weighted by Gasteiger charge is 2.28. The minimum Gasteiger partial charge on any atom is -0.387 e. The lowest BCUT2D eigenvalue weighted by Gasteiger charge is -2.42. The van der Waals surface area contributed by atoms with Gasteiger partial charge in [0.15, 0.2) is 0 Å². The normalized spacial score (nSPS) is 25.8. The van der Waals surface area contributed by atoms with Crippen molar-refractivity contribution in [2.75, 3.05) is 39.3 Å². The van der Waals surface area contributed by atoms with Gasteiger partial charge in [-0.25, -0.2) is 0 Å². The number of benzene rings is 1. The first kappa shape index (κ1) is 17.9. The zero-order chi connectivity index (χ0) is 17.1. The molecular weight excluding hydrogens is 300 g/mol. The number of likely N-dealkylation sites (tertiary alicyclic amines) is 1. The standard InChI is InChI=1S/C20H32N2O2/c1-15-10-16(2)12-18(11-15)20(23)14-21-6-4-19(5-7-21)22-8-9-24-17(3)13-22/h10-12,17,19-20,23H,4-9,13-14H2,1-3H3. The third kappa shape index (κ3) is 4.57. The number of aryl methyl sites for hydroxylation is 2. The predicted octanol–water partition coefficient (Wildman–Crippen LogP) is 2.52. The van der Waals surface area contributed by atoms with Gasteiger partial charge in [-0.3, -0.25) is 4.90 Å². The molecule has 134 valence electrons. The average molecular weight is 332 g/mol. The van der Waals surface area contributed by atoms with Crippen molar-refractivity contribution in [3.8, 4) is 0 Å². The average Bonchev–Trinajstić information content (AvgIpc) is 2.54. The van der Waals surface area contributed by atoms with Gasteiger partial charge in [0.25, 0.3) is 0 Å². The fraction of sp³-hybridized carbons (Fsp3) is 0.700. The number of aliphatic hydroxyl groups excluding tert-OH is 1. The molecule has 4 heteroatoms. The third-order valence-corrected chi connectivity index (χ3v) is 5.41. The summed E-state index contributed by atoms with van der Waals surface area (Å²) in [4.78, 5) is 5.02. The number of piperidine rings is 1. The van der Waals surface area contributed by atoms with E-state index in [1.165, 1.54) is 24.0 Å². The Kier molecular flexibility index (Phi) is 5.93. The molecule has 1 aromatic rings. The van der Waals surface area contributed by atoms with Crippen LogP contribution in [0, 0.1) is 13.8 Å². The number of hydrogen-bond donors (Lipinski definition) is 1. The molecule has 1 aromatic carbocycles. The smallest absolute Gasteiger partial charge is 0.0917 e. The second-order valence-electron chi connectivity index (χ2n) is 7.64. The van der Waals surface area contributed by atoms with Crippen molar-refractivity contribution in [1.29, 1.82) is 0 Å². The summed E-state index contributed by atoms with van der Waals surface area (Å²) >= 11 is 0. The summed E-state index contributed by atoms with van der Waals surface area (Å²) in [5.74, 6) is 0. The van der Waals surface area contributed by atoms with Crippen molar-refractivity contribution in [3.05, 3.63) is 34.9 Å². The fourth-order valence-corrected chi connectivity index (χ4v) is 4.20. The van der Waals surface area contributed by atoms with Gasteiger partial charge in [-0.15, -0.1) is 0 Å². The van der Waals surface area contributed by atoms with Gasteiger partial charge in [-0.1, -0.05) is 29.3 Å². The summed E-state index contributed by atoms with van der Waals surface area (Å²) in [5, 5.41) is 10.6. The number of nitrogens with zero attached hydrogens (tertiary/aromatic N) is 2. The molecule has 2 unspecified atom stereocenters. The topological polar surface area (TPSA) is 35.9 Å². The van der Waals surface area contributed by atoms with E-state index in [0.717, 1.165) is 44.9 Å². The second kappa shape index (κ2) is 7.96. The summed E-state index contributed by atoms with van der Waals surface area (Å²) in [6.45, 7) is 12.3. The highest BCUT2D eigenvalue weighted by Crippen LogP contribution is 2.23. The zero-order valence-corrected chi connectivity index (χ0v) is 15.4. The minimum atomic E-state index is -0.386. The lowest BCUT2D eigenvalue weighted by atomic mass is 9.99. The number of aliphatic hydroxyl groups is 1.